The van der Waals surface area contributed by atoms with Crippen LogP contribution in [0.25, 0.3) is 0 Å². The van der Waals surface area contributed by atoms with Crippen molar-refractivity contribution in [1.82, 2.24) is 24.5 Å². The Labute approximate surface area is 226 Å². The van der Waals surface area contributed by atoms with Gasteiger partial charge in [0.15, 0.2) is 0 Å². The minimum absolute atomic E-state index is 0.138. The highest BCUT2D eigenvalue weighted by Gasteiger charge is 2.20. The molecule has 0 bridgehead atoms. The standard InChI is InChI=1S/C31H39N5O2/c37-30(34-15-3-1-4-16-34)28-12-7-10-26(22-28)24-33(20-21-36-19-9-14-32-36)25-27-11-8-13-29(23-27)31(38)35-17-5-2-6-18-35/h7-14,19,22-23H,1-6,15-18,20-21,24-25H2. The van der Waals surface area contributed by atoms with Crippen molar-refractivity contribution in [3.63, 3.8) is 0 Å². The number of amides is 2. The van der Waals surface area contributed by atoms with E-state index in [0.29, 0.717) is 13.1 Å². The first-order valence-corrected chi connectivity index (χ1v) is 14.1. The van der Waals surface area contributed by atoms with E-state index in [1.165, 1.54) is 12.8 Å². The van der Waals surface area contributed by atoms with E-state index in [1.54, 1.807) is 6.20 Å². The Kier molecular flexibility index (Phi) is 8.86. The van der Waals surface area contributed by atoms with Crippen molar-refractivity contribution < 1.29 is 9.59 Å². The zero-order chi connectivity index (χ0) is 26.2. The van der Waals surface area contributed by atoms with Gasteiger partial charge < -0.3 is 9.80 Å². The van der Waals surface area contributed by atoms with Gasteiger partial charge in [-0.25, -0.2) is 0 Å². The van der Waals surface area contributed by atoms with Crippen LogP contribution >= 0.6 is 0 Å². The first-order valence-electron chi connectivity index (χ1n) is 14.1. The van der Waals surface area contributed by atoms with Gasteiger partial charge in [0, 0.05) is 69.3 Å². The molecule has 38 heavy (non-hydrogen) atoms. The molecule has 0 atom stereocenters. The van der Waals surface area contributed by atoms with Crippen LogP contribution in [0, 0.1) is 0 Å². The summed E-state index contributed by atoms with van der Waals surface area (Å²) in [6.45, 7) is 6.41. The van der Waals surface area contributed by atoms with Gasteiger partial charge in [-0.15, -0.1) is 0 Å². The fraction of sp³-hybridized carbons (Fsp3) is 0.452. The SMILES string of the molecule is O=C(c1cccc(CN(CCn2cccn2)Cc2cccc(C(=O)N3CCCCC3)c2)c1)N1CCCCC1. The van der Waals surface area contributed by atoms with Gasteiger partial charge in [-0.3, -0.25) is 19.2 Å². The topological polar surface area (TPSA) is 61.7 Å². The molecule has 1 aromatic heterocycles. The maximum absolute atomic E-state index is 13.1. The van der Waals surface area contributed by atoms with Gasteiger partial charge in [0.05, 0.1) is 6.54 Å². The molecular formula is C31H39N5O2. The summed E-state index contributed by atoms with van der Waals surface area (Å²) in [6, 6.07) is 18.1. The highest BCUT2D eigenvalue weighted by molar-refractivity contribution is 5.95. The van der Waals surface area contributed by atoms with Crippen molar-refractivity contribution in [3.8, 4) is 0 Å². The average molecular weight is 514 g/mol. The predicted molar refractivity (Wildman–Crippen MR) is 149 cm³/mol. The van der Waals surface area contributed by atoms with Crippen LogP contribution < -0.4 is 0 Å². The summed E-state index contributed by atoms with van der Waals surface area (Å²) in [6.07, 6.45) is 10.6. The molecule has 3 aromatic rings. The number of benzene rings is 2. The van der Waals surface area contributed by atoms with Gasteiger partial charge >= 0.3 is 0 Å². The zero-order valence-corrected chi connectivity index (χ0v) is 22.3. The smallest absolute Gasteiger partial charge is 0.253 e. The quantitative estimate of drug-likeness (QED) is 0.411. The van der Waals surface area contributed by atoms with E-state index in [-0.39, 0.29) is 11.8 Å². The maximum Gasteiger partial charge on any atom is 0.253 e. The summed E-state index contributed by atoms with van der Waals surface area (Å²) in [4.78, 5) is 32.6. The van der Waals surface area contributed by atoms with Gasteiger partial charge in [0.1, 0.15) is 0 Å². The predicted octanol–water partition coefficient (Wildman–Crippen LogP) is 4.84. The van der Waals surface area contributed by atoms with Crippen LogP contribution in [0.3, 0.4) is 0 Å². The summed E-state index contributed by atoms with van der Waals surface area (Å²) in [5.74, 6) is 0.275. The van der Waals surface area contributed by atoms with E-state index in [0.717, 1.165) is 87.2 Å². The number of aromatic nitrogens is 2. The Bertz CT molecular complexity index is 1120. The minimum Gasteiger partial charge on any atom is -0.339 e. The van der Waals surface area contributed by atoms with Gasteiger partial charge in [0.2, 0.25) is 0 Å². The molecule has 7 nitrogen and oxygen atoms in total. The molecule has 0 aliphatic carbocycles. The van der Waals surface area contributed by atoms with Crippen LogP contribution in [0.15, 0.2) is 67.0 Å². The number of carbonyl (C=O) groups is 2. The molecule has 2 aliphatic heterocycles. The Hall–Kier alpha value is -3.45. The van der Waals surface area contributed by atoms with Crippen molar-refractivity contribution >= 4 is 11.8 Å². The first-order chi connectivity index (χ1) is 18.7. The van der Waals surface area contributed by atoms with E-state index in [2.05, 4.69) is 22.1 Å². The second-order valence-corrected chi connectivity index (χ2v) is 10.6. The molecule has 2 amide bonds. The normalized spacial score (nSPS) is 16.1. The highest BCUT2D eigenvalue weighted by Crippen LogP contribution is 2.18. The highest BCUT2D eigenvalue weighted by atomic mass is 16.2. The van der Waals surface area contributed by atoms with Crippen LogP contribution in [0.4, 0.5) is 0 Å². The third kappa shape index (κ3) is 6.90. The number of nitrogens with zero attached hydrogens (tertiary/aromatic N) is 5. The second-order valence-electron chi connectivity index (χ2n) is 10.6. The van der Waals surface area contributed by atoms with Crippen molar-refractivity contribution in [1.29, 1.82) is 0 Å². The van der Waals surface area contributed by atoms with Gasteiger partial charge in [0.25, 0.3) is 11.8 Å². The minimum atomic E-state index is 0.138. The molecule has 7 heteroatoms. The summed E-state index contributed by atoms with van der Waals surface area (Å²) in [5.41, 5.74) is 3.78. The molecule has 0 spiro atoms. The van der Waals surface area contributed by atoms with Crippen LogP contribution in [-0.4, -0.2) is 69.0 Å². The number of hydrogen-bond acceptors (Lipinski definition) is 4. The number of piperidine rings is 2. The summed E-state index contributed by atoms with van der Waals surface area (Å²) in [5, 5.41) is 4.37. The largest absolute Gasteiger partial charge is 0.339 e. The number of likely N-dealkylation sites (tertiary alicyclic amines) is 2. The molecule has 200 valence electrons. The molecule has 3 heterocycles. The van der Waals surface area contributed by atoms with Crippen LogP contribution in [0.5, 0.6) is 0 Å². The lowest BCUT2D eigenvalue weighted by atomic mass is 10.1. The molecular weight excluding hydrogens is 474 g/mol. The monoisotopic (exact) mass is 513 g/mol. The summed E-state index contributed by atoms with van der Waals surface area (Å²) >= 11 is 0. The van der Waals surface area contributed by atoms with Crippen molar-refractivity contribution in [3.05, 3.63) is 89.2 Å². The number of rotatable bonds is 9. The number of hydrogen-bond donors (Lipinski definition) is 0. The lowest BCUT2D eigenvalue weighted by Crippen LogP contribution is -2.35. The molecule has 2 fully saturated rings. The molecule has 2 aromatic carbocycles. The van der Waals surface area contributed by atoms with E-state index in [4.69, 9.17) is 0 Å². The second kappa shape index (κ2) is 12.9. The molecule has 0 unspecified atom stereocenters. The van der Waals surface area contributed by atoms with Gasteiger partial charge in [-0.2, -0.15) is 5.10 Å². The first kappa shape index (κ1) is 26.2. The van der Waals surface area contributed by atoms with Crippen LogP contribution in [0.2, 0.25) is 0 Å². The number of carbonyl (C=O) groups excluding carboxylic acids is 2. The Morgan fingerprint density at radius 3 is 1.71 bits per heavy atom. The lowest BCUT2D eigenvalue weighted by molar-refractivity contribution is 0.0717. The van der Waals surface area contributed by atoms with E-state index in [9.17, 15) is 9.59 Å². The molecule has 0 radical (unpaired) electrons. The lowest BCUT2D eigenvalue weighted by Gasteiger charge is -2.27. The van der Waals surface area contributed by atoms with E-state index < -0.39 is 0 Å². The fourth-order valence-corrected chi connectivity index (χ4v) is 5.57. The van der Waals surface area contributed by atoms with Gasteiger partial charge in [-0.1, -0.05) is 24.3 Å². The third-order valence-corrected chi connectivity index (χ3v) is 7.65. The maximum atomic E-state index is 13.1. The Balaban J connectivity index is 1.30. The molecule has 0 N–H and O–H groups in total. The van der Waals surface area contributed by atoms with Crippen LogP contribution in [-0.2, 0) is 19.6 Å². The molecule has 0 saturated carbocycles. The summed E-state index contributed by atoms with van der Waals surface area (Å²) < 4.78 is 1.94. The van der Waals surface area contributed by atoms with E-state index in [1.807, 2.05) is 63.1 Å². The molecule has 2 aliphatic rings. The van der Waals surface area contributed by atoms with E-state index >= 15 is 0 Å². The van der Waals surface area contributed by atoms with Crippen molar-refractivity contribution in [2.45, 2.75) is 58.2 Å². The zero-order valence-electron chi connectivity index (χ0n) is 22.3. The van der Waals surface area contributed by atoms with Crippen molar-refractivity contribution in [2.75, 3.05) is 32.7 Å². The Morgan fingerprint density at radius 1 is 0.711 bits per heavy atom. The molecule has 2 saturated heterocycles. The fourth-order valence-electron chi connectivity index (χ4n) is 5.57. The average Bonchev–Trinajstić information content (AvgIpc) is 3.50. The van der Waals surface area contributed by atoms with Crippen LogP contribution in [0.1, 0.15) is 70.4 Å². The van der Waals surface area contributed by atoms with Gasteiger partial charge in [-0.05, 0) is 80.0 Å². The van der Waals surface area contributed by atoms with Crippen molar-refractivity contribution in [2.24, 2.45) is 0 Å². The summed E-state index contributed by atoms with van der Waals surface area (Å²) in [7, 11) is 0. The molecule has 5 rings (SSSR count). The third-order valence-electron chi connectivity index (χ3n) is 7.65. The Morgan fingerprint density at radius 2 is 1.24 bits per heavy atom.